The van der Waals surface area contributed by atoms with E-state index >= 15 is 0 Å². The van der Waals surface area contributed by atoms with Gasteiger partial charge >= 0.3 is 0 Å². The number of amides is 1. The Balaban J connectivity index is 1.65. The Labute approximate surface area is 146 Å². The van der Waals surface area contributed by atoms with Crippen LogP contribution in [0.25, 0.3) is 0 Å². The van der Waals surface area contributed by atoms with E-state index in [1.807, 2.05) is 12.1 Å². The molecular formula is C22H29NO. The molecular weight excluding hydrogens is 294 g/mol. The van der Waals surface area contributed by atoms with Crippen LogP contribution >= 0.6 is 0 Å². The Morgan fingerprint density at radius 2 is 1.50 bits per heavy atom. The summed E-state index contributed by atoms with van der Waals surface area (Å²) in [5.74, 6) is 1.55. The number of allylic oxidation sites excluding steroid dienone is 4. The lowest BCUT2D eigenvalue weighted by atomic mass is 10.1. The second-order valence-electron chi connectivity index (χ2n) is 7.27. The maximum atomic E-state index is 12.8. The summed E-state index contributed by atoms with van der Waals surface area (Å²) >= 11 is 0. The van der Waals surface area contributed by atoms with E-state index in [0.29, 0.717) is 11.8 Å². The second-order valence-corrected chi connectivity index (χ2v) is 7.27. The van der Waals surface area contributed by atoms with Crippen LogP contribution in [0.4, 0.5) is 5.69 Å². The quantitative estimate of drug-likeness (QED) is 0.708. The highest BCUT2D eigenvalue weighted by molar-refractivity contribution is 5.95. The molecule has 3 rings (SSSR count). The maximum Gasteiger partial charge on any atom is 0.228 e. The zero-order valence-electron chi connectivity index (χ0n) is 14.9. The molecule has 1 saturated carbocycles. The Hall–Kier alpha value is -1.83. The van der Waals surface area contributed by atoms with Gasteiger partial charge in [0.15, 0.2) is 0 Å². The van der Waals surface area contributed by atoms with Gasteiger partial charge in [0.25, 0.3) is 0 Å². The molecule has 0 spiro atoms. The molecule has 2 nitrogen and oxygen atoms in total. The van der Waals surface area contributed by atoms with Gasteiger partial charge in [-0.25, -0.2) is 0 Å². The van der Waals surface area contributed by atoms with Crippen LogP contribution in [-0.2, 0) is 4.79 Å². The maximum absolute atomic E-state index is 12.8. The second kappa shape index (κ2) is 7.83. The molecule has 2 aliphatic carbocycles. The van der Waals surface area contributed by atoms with E-state index in [4.69, 9.17) is 0 Å². The summed E-state index contributed by atoms with van der Waals surface area (Å²) < 4.78 is 0. The molecule has 1 fully saturated rings. The molecule has 1 amide bonds. The summed E-state index contributed by atoms with van der Waals surface area (Å²) in [5, 5.41) is 3.19. The SMILES string of the molecule is Cc1cccc(NC(=O)C2C3CCC=CCC/C=C/CCC32)c1C. The average Bonchev–Trinajstić information content (AvgIpc) is 3.24. The molecule has 24 heavy (non-hydrogen) atoms. The molecule has 1 aromatic rings. The minimum absolute atomic E-state index is 0.201. The van der Waals surface area contributed by atoms with E-state index in [-0.39, 0.29) is 11.8 Å². The lowest BCUT2D eigenvalue weighted by Crippen LogP contribution is -2.16. The van der Waals surface area contributed by atoms with Crippen LogP contribution in [0.5, 0.6) is 0 Å². The number of anilines is 1. The van der Waals surface area contributed by atoms with Crippen molar-refractivity contribution in [2.75, 3.05) is 5.32 Å². The van der Waals surface area contributed by atoms with E-state index < -0.39 is 0 Å². The van der Waals surface area contributed by atoms with Crippen LogP contribution in [0.15, 0.2) is 42.5 Å². The highest BCUT2D eigenvalue weighted by atomic mass is 16.2. The van der Waals surface area contributed by atoms with E-state index in [1.54, 1.807) is 0 Å². The number of carbonyl (C=O) groups is 1. The third-order valence-electron chi connectivity index (χ3n) is 5.66. The lowest BCUT2D eigenvalue weighted by molar-refractivity contribution is -0.117. The van der Waals surface area contributed by atoms with Crippen LogP contribution in [-0.4, -0.2) is 5.91 Å². The minimum atomic E-state index is 0.201. The smallest absolute Gasteiger partial charge is 0.228 e. The number of aryl methyl sites for hydroxylation is 1. The highest BCUT2D eigenvalue weighted by Gasteiger charge is 2.52. The van der Waals surface area contributed by atoms with Crippen molar-refractivity contribution in [2.24, 2.45) is 17.8 Å². The highest BCUT2D eigenvalue weighted by Crippen LogP contribution is 2.52. The fourth-order valence-corrected chi connectivity index (χ4v) is 3.96. The number of rotatable bonds is 2. The first-order valence-corrected chi connectivity index (χ1v) is 9.35. The molecule has 0 radical (unpaired) electrons. The van der Waals surface area contributed by atoms with Gasteiger partial charge < -0.3 is 5.32 Å². The average molecular weight is 323 g/mol. The van der Waals surface area contributed by atoms with Gasteiger partial charge in [-0.2, -0.15) is 0 Å². The summed E-state index contributed by atoms with van der Waals surface area (Å²) in [6.45, 7) is 4.17. The van der Waals surface area contributed by atoms with Gasteiger partial charge in [-0.05, 0) is 81.4 Å². The minimum Gasteiger partial charge on any atom is -0.326 e. The molecule has 0 aromatic heterocycles. The Morgan fingerprint density at radius 3 is 2.12 bits per heavy atom. The molecule has 128 valence electrons. The molecule has 0 aliphatic heterocycles. The van der Waals surface area contributed by atoms with E-state index in [9.17, 15) is 4.79 Å². The number of hydrogen-bond acceptors (Lipinski definition) is 1. The summed E-state index contributed by atoms with van der Waals surface area (Å²) in [6, 6.07) is 6.12. The van der Waals surface area contributed by atoms with Crippen molar-refractivity contribution in [3.05, 3.63) is 53.6 Å². The first-order valence-electron chi connectivity index (χ1n) is 9.35. The van der Waals surface area contributed by atoms with Crippen molar-refractivity contribution in [3.8, 4) is 0 Å². The Bertz CT molecular complexity index is 619. The van der Waals surface area contributed by atoms with Crippen LogP contribution in [0.2, 0.25) is 0 Å². The van der Waals surface area contributed by atoms with Crippen LogP contribution in [0.3, 0.4) is 0 Å². The molecule has 0 saturated heterocycles. The van der Waals surface area contributed by atoms with Crippen molar-refractivity contribution in [1.29, 1.82) is 0 Å². The first kappa shape index (κ1) is 17.0. The Morgan fingerprint density at radius 1 is 0.917 bits per heavy atom. The molecule has 1 N–H and O–H groups in total. The number of carbonyl (C=O) groups excluding carboxylic acids is 1. The van der Waals surface area contributed by atoms with E-state index in [2.05, 4.69) is 49.5 Å². The third-order valence-corrected chi connectivity index (χ3v) is 5.66. The van der Waals surface area contributed by atoms with Gasteiger partial charge in [0.2, 0.25) is 5.91 Å². The standard InChI is InChI=1S/C22H29NO/c1-16-12-11-15-20(17(16)2)23-22(24)21-18-13-9-7-5-3-4-6-8-10-14-19(18)21/h5-8,11-12,15,18-19,21H,3-4,9-10,13-14H2,1-2H3,(H,23,24)/b7-5+,8-6?. The fraction of sp³-hybridized carbons (Fsp3) is 0.500. The number of nitrogens with one attached hydrogen (secondary N) is 1. The normalized spacial score (nSPS) is 28.2. The van der Waals surface area contributed by atoms with Gasteiger partial charge in [0, 0.05) is 11.6 Å². The van der Waals surface area contributed by atoms with Gasteiger partial charge in [-0.1, -0.05) is 36.4 Å². The predicted molar refractivity (Wildman–Crippen MR) is 101 cm³/mol. The third kappa shape index (κ3) is 3.98. The zero-order chi connectivity index (χ0) is 16.9. The molecule has 2 aliphatic rings. The fourth-order valence-electron chi connectivity index (χ4n) is 3.96. The van der Waals surface area contributed by atoms with Crippen LogP contribution < -0.4 is 5.32 Å². The lowest BCUT2D eigenvalue weighted by Gasteiger charge is -2.10. The monoisotopic (exact) mass is 323 g/mol. The summed E-state index contributed by atoms with van der Waals surface area (Å²) in [7, 11) is 0. The first-order chi connectivity index (χ1) is 11.7. The predicted octanol–water partition coefficient (Wildman–Crippen LogP) is 5.57. The summed E-state index contributed by atoms with van der Waals surface area (Å²) in [5.41, 5.74) is 3.38. The van der Waals surface area contributed by atoms with Crippen molar-refractivity contribution in [1.82, 2.24) is 0 Å². The molecule has 0 heterocycles. The van der Waals surface area contributed by atoms with Crippen molar-refractivity contribution < 1.29 is 4.79 Å². The molecule has 3 unspecified atom stereocenters. The van der Waals surface area contributed by atoms with Crippen molar-refractivity contribution in [2.45, 2.75) is 52.4 Å². The number of benzene rings is 1. The van der Waals surface area contributed by atoms with E-state index in [0.717, 1.165) is 44.2 Å². The Kier molecular flexibility index (Phi) is 5.55. The molecule has 3 atom stereocenters. The van der Waals surface area contributed by atoms with Crippen molar-refractivity contribution in [3.63, 3.8) is 0 Å². The summed E-state index contributed by atoms with van der Waals surface area (Å²) in [6.07, 6.45) is 16.0. The largest absolute Gasteiger partial charge is 0.326 e. The summed E-state index contributed by atoms with van der Waals surface area (Å²) in [4.78, 5) is 12.8. The number of fused-ring (bicyclic) bond motifs is 1. The molecule has 0 bridgehead atoms. The molecule has 2 heteroatoms. The number of hydrogen-bond donors (Lipinski definition) is 1. The van der Waals surface area contributed by atoms with Gasteiger partial charge in [-0.15, -0.1) is 0 Å². The van der Waals surface area contributed by atoms with Crippen molar-refractivity contribution >= 4 is 11.6 Å². The van der Waals surface area contributed by atoms with E-state index in [1.165, 1.54) is 11.1 Å². The van der Waals surface area contributed by atoms with Crippen LogP contribution in [0, 0.1) is 31.6 Å². The topological polar surface area (TPSA) is 29.1 Å². The molecule has 1 aromatic carbocycles. The van der Waals surface area contributed by atoms with Gasteiger partial charge in [0.1, 0.15) is 0 Å². The zero-order valence-corrected chi connectivity index (χ0v) is 14.9. The van der Waals surface area contributed by atoms with Crippen LogP contribution in [0.1, 0.15) is 49.7 Å². The van der Waals surface area contributed by atoms with Gasteiger partial charge in [0.05, 0.1) is 0 Å². The van der Waals surface area contributed by atoms with Gasteiger partial charge in [-0.3, -0.25) is 4.79 Å².